The minimum atomic E-state index is -4.59. The van der Waals surface area contributed by atoms with E-state index in [0.29, 0.717) is 18.8 Å². The summed E-state index contributed by atoms with van der Waals surface area (Å²) in [5.41, 5.74) is 1.35. The van der Waals surface area contributed by atoms with Crippen LogP contribution < -0.4 is 0 Å². The molecule has 1 saturated carbocycles. The molecule has 1 saturated heterocycles. The van der Waals surface area contributed by atoms with Gasteiger partial charge in [-0.3, -0.25) is 4.79 Å². The van der Waals surface area contributed by atoms with E-state index in [-0.39, 0.29) is 40.7 Å². The summed E-state index contributed by atoms with van der Waals surface area (Å²) in [4.78, 5) is 14.1. The zero-order chi connectivity index (χ0) is 26.3. The molecule has 0 amide bonds. The highest BCUT2D eigenvalue weighted by molar-refractivity contribution is 5.92. The fourth-order valence-electron chi connectivity index (χ4n) is 6.34. The molecule has 2 aliphatic carbocycles. The molecule has 8 heteroatoms. The van der Waals surface area contributed by atoms with E-state index in [4.69, 9.17) is 4.74 Å². The molecule has 5 atom stereocenters. The molecular formula is C29H30F5NO2. The van der Waals surface area contributed by atoms with Crippen molar-refractivity contribution in [2.75, 3.05) is 13.1 Å². The molecule has 0 aromatic heterocycles. The number of fused-ring (bicyclic) bond motifs is 1. The molecule has 0 bridgehead atoms. The maximum atomic E-state index is 13.8. The zero-order valence-corrected chi connectivity index (χ0v) is 20.6. The Labute approximate surface area is 213 Å². The van der Waals surface area contributed by atoms with E-state index in [0.717, 1.165) is 49.3 Å². The van der Waals surface area contributed by atoms with Gasteiger partial charge in [-0.25, -0.2) is 8.78 Å². The van der Waals surface area contributed by atoms with Crippen LogP contribution in [-0.4, -0.2) is 29.9 Å². The average molecular weight is 520 g/mol. The van der Waals surface area contributed by atoms with Crippen LogP contribution in [0.4, 0.5) is 22.0 Å². The number of rotatable bonds is 6. The van der Waals surface area contributed by atoms with Crippen LogP contribution in [0.3, 0.4) is 0 Å². The van der Waals surface area contributed by atoms with Crippen molar-refractivity contribution in [3.05, 3.63) is 82.3 Å². The second kappa shape index (κ2) is 10.2. The van der Waals surface area contributed by atoms with Crippen molar-refractivity contribution in [2.45, 2.75) is 63.6 Å². The molecule has 1 aliphatic heterocycles. The number of benzene rings is 2. The lowest BCUT2D eigenvalue weighted by atomic mass is 9.69. The Balaban J connectivity index is 1.42. The second-order valence-electron chi connectivity index (χ2n) is 10.5. The summed E-state index contributed by atoms with van der Waals surface area (Å²) < 4.78 is 73.9. The molecule has 3 aliphatic rings. The van der Waals surface area contributed by atoms with Crippen LogP contribution in [0.15, 0.2) is 54.2 Å². The summed E-state index contributed by atoms with van der Waals surface area (Å²) in [5, 5.41) is 0. The lowest BCUT2D eigenvalue weighted by Crippen LogP contribution is -2.38. The standard InChI is InChI=1S/C29H30F5NO2/c1-17(21-10-18(14-30)11-22(12-21)29(32,33)34)37-27-9-4-20-15-35(24-7-8-25(36)13-24)16-26(20)28(27)19-2-5-23(31)6-3-19/h2-3,5-6,10-13,17,20,26-28H,4,7-9,14-16H2,1H3/t17-,20-,26-,27+,28+/m1/s1. The molecule has 2 aromatic rings. The van der Waals surface area contributed by atoms with Gasteiger partial charge < -0.3 is 9.64 Å². The van der Waals surface area contributed by atoms with E-state index in [9.17, 15) is 26.7 Å². The predicted molar refractivity (Wildman–Crippen MR) is 129 cm³/mol. The number of hydrogen-bond donors (Lipinski definition) is 0. The number of ether oxygens (including phenoxy) is 1. The average Bonchev–Trinajstić information content (AvgIpc) is 3.50. The third kappa shape index (κ3) is 5.44. The second-order valence-corrected chi connectivity index (χ2v) is 10.5. The molecule has 2 fully saturated rings. The van der Waals surface area contributed by atoms with Crippen LogP contribution in [0, 0.1) is 17.7 Å². The van der Waals surface area contributed by atoms with Crippen molar-refractivity contribution in [1.29, 1.82) is 0 Å². The Morgan fingerprint density at radius 2 is 1.81 bits per heavy atom. The summed E-state index contributed by atoms with van der Waals surface area (Å²) >= 11 is 0. The van der Waals surface area contributed by atoms with Crippen LogP contribution in [0.1, 0.15) is 66.9 Å². The van der Waals surface area contributed by atoms with Crippen LogP contribution in [0.25, 0.3) is 0 Å². The van der Waals surface area contributed by atoms with Gasteiger partial charge in [0, 0.05) is 37.2 Å². The van der Waals surface area contributed by atoms with Gasteiger partial charge in [0.2, 0.25) is 0 Å². The fraction of sp³-hybridized carbons (Fsp3) is 0.483. The van der Waals surface area contributed by atoms with Gasteiger partial charge in [-0.15, -0.1) is 0 Å². The Bertz CT molecular complexity index is 1180. The number of halogens is 5. The largest absolute Gasteiger partial charge is 0.416 e. The molecule has 2 aromatic carbocycles. The topological polar surface area (TPSA) is 29.5 Å². The zero-order valence-electron chi connectivity index (χ0n) is 20.6. The monoisotopic (exact) mass is 519 g/mol. The summed E-state index contributed by atoms with van der Waals surface area (Å²) in [6, 6.07) is 9.65. The summed E-state index contributed by atoms with van der Waals surface area (Å²) in [6.07, 6.45) is -0.987. The first-order valence-electron chi connectivity index (χ1n) is 12.8. The Hall–Kier alpha value is -2.74. The van der Waals surface area contributed by atoms with E-state index in [1.807, 2.05) is 0 Å². The number of hydrogen-bond acceptors (Lipinski definition) is 3. The van der Waals surface area contributed by atoms with Gasteiger partial charge in [-0.2, -0.15) is 13.2 Å². The summed E-state index contributed by atoms with van der Waals surface area (Å²) in [7, 11) is 0. The number of allylic oxidation sites excluding steroid dienone is 2. The number of likely N-dealkylation sites (tertiary alicyclic amines) is 1. The molecule has 37 heavy (non-hydrogen) atoms. The molecule has 5 rings (SSSR count). The Morgan fingerprint density at radius 3 is 2.46 bits per heavy atom. The normalized spacial score (nSPS) is 26.8. The Kier molecular flexibility index (Phi) is 7.14. The predicted octanol–water partition coefficient (Wildman–Crippen LogP) is 7.13. The van der Waals surface area contributed by atoms with Gasteiger partial charge in [0.15, 0.2) is 5.78 Å². The van der Waals surface area contributed by atoms with Crippen molar-refractivity contribution >= 4 is 5.78 Å². The first kappa shape index (κ1) is 25.9. The quantitative estimate of drug-likeness (QED) is 0.380. The number of carbonyl (C=O) groups excluding carboxylic acids is 1. The van der Waals surface area contributed by atoms with Crippen molar-refractivity contribution < 1.29 is 31.5 Å². The van der Waals surface area contributed by atoms with Crippen molar-refractivity contribution in [2.24, 2.45) is 11.8 Å². The molecular weight excluding hydrogens is 489 g/mol. The maximum absolute atomic E-state index is 13.8. The maximum Gasteiger partial charge on any atom is 0.416 e. The fourth-order valence-corrected chi connectivity index (χ4v) is 6.34. The lowest BCUT2D eigenvalue weighted by Gasteiger charge is -2.41. The molecule has 1 heterocycles. The third-order valence-electron chi connectivity index (χ3n) is 8.14. The van der Waals surface area contributed by atoms with E-state index < -0.39 is 24.5 Å². The van der Waals surface area contributed by atoms with Crippen molar-refractivity contribution in [3.8, 4) is 0 Å². The van der Waals surface area contributed by atoms with Gasteiger partial charge in [0.05, 0.1) is 17.8 Å². The Morgan fingerprint density at radius 1 is 1.05 bits per heavy atom. The number of ketones is 1. The lowest BCUT2D eigenvalue weighted by molar-refractivity contribution is -0.137. The molecule has 198 valence electrons. The van der Waals surface area contributed by atoms with Crippen molar-refractivity contribution in [1.82, 2.24) is 4.90 Å². The van der Waals surface area contributed by atoms with Gasteiger partial charge in [-0.05, 0) is 79.0 Å². The van der Waals surface area contributed by atoms with Gasteiger partial charge in [0.1, 0.15) is 12.5 Å². The van der Waals surface area contributed by atoms with E-state index in [1.54, 1.807) is 25.1 Å². The molecule has 0 unspecified atom stereocenters. The van der Waals surface area contributed by atoms with E-state index in [1.165, 1.54) is 18.2 Å². The number of nitrogens with zero attached hydrogens (tertiary/aromatic N) is 1. The van der Waals surface area contributed by atoms with Crippen LogP contribution in [0.5, 0.6) is 0 Å². The minimum absolute atomic E-state index is 0.0371. The smallest absolute Gasteiger partial charge is 0.374 e. The molecule has 3 nitrogen and oxygen atoms in total. The van der Waals surface area contributed by atoms with E-state index in [2.05, 4.69) is 4.90 Å². The van der Waals surface area contributed by atoms with Crippen LogP contribution in [0.2, 0.25) is 0 Å². The highest BCUT2D eigenvalue weighted by atomic mass is 19.4. The van der Waals surface area contributed by atoms with Gasteiger partial charge in [-0.1, -0.05) is 18.2 Å². The SMILES string of the molecule is C[C@@H](O[C@H]1CC[C@@H]2CN(C3=CC(=O)CC3)C[C@H]2[C@@H]1c1ccc(F)cc1)c1cc(CF)cc(C(F)(F)F)c1. The number of alkyl halides is 4. The summed E-state index contributed by atoms with van der Waals surface area (Å²) in [6.45, 7) is 2.29. The molecule has 0 spiro atoms. The third-order valence-corrected chi connectivity index (χ3v) is 8.14. The minimum Gasteiger partial charge on any atom is -0.374 e. The number of carbonyl (C=O) groups is 1. The summed E-state index contributed by atoms with van der Waals surface area (Å²) in [5.74, 6) is 0.274. The highest BCUT2D eigenvalue weighted by Gasteiger charge is 2.46. The molecule has 0 N–H and O–H groups in total. The highest BCUT2D eigenvalue weighted by Crippen LogP contribution is 2.49. The van der Waals surface area contributed by atoms with Crippen molar-refractivity contribution in [3.63, 3.8) is 0 Å². The first-order chi connectivity index (χ1) is 17.6. The molecule has 0 radical (unpaired) electrons. The van der Waals surface area contributed by atoms with E-state index >= 15 is 0 Å². The van der Waals surface area contributed by atoms with Gasteiger partial charge >= 0.3 is 6.18 Å². The van der Waals surface area contributed by atoms with Crippen LogP contribution in [-0.2, 0) is 22.4 Å². The first-order valence-corrected chi connectivity index (χ1v) is 12.8. The van der Waals surface area contributed by atoms with Crippen LogP contribution >= 0.6 is 0 Å². The van der Waals surface area contributed by atoms with Gasteiger partial charge in [0.25, 0.3) is 0 Å².